The van der Waals surface area contributed by atoms with Gasteiger partial charge in [-0.05, 0) is 58.6 Å². The fourth-order valence-electron chi connectivity index (χ4n) is 0.774. The molecule has 74 valence electrons. The Bertz CT molecular complexity index is 381. The summed E-state index contributed by atoms with van der Waals surface area (Å²) in [6.45, 7) is 0. The zero-order valence-electron chi connectivity index (χ0n) is 7.07. The third-order valence-electron chi connectivity index (χ3n) is 1.36. The summed E-state index contributed by atoms with van der Waals surface area (Å²) in [4.78, 5) is 0. The van der Waals surface area contributed by atoms with Crippen molar-refractivity contribution in [3.8, 4) is 5.75 Å². The van der Waals surface area contributed by atoms with Crippen molar-refractivity contribution in [1.82, 2.24) is 5.43 Å². The first-order valence-corrected chi connectivity index (χ1v) is 5.15. The van der Waals surface area contributed by atoms with Crippen LogP contribution in [0.4, 0.5) is 0 Å². The fourth-order valence-corrected chi connectivity index (χ4v) is 1.37. The molecule has 1 aromatic carbocycles. The van der Waals surface area contributed by atoms with Crippen molar-refractivity contribution in [2.24, 2.45) is 10.8 Å². The lowest BCUT2D eigenvalue weighted by Gasteiger charge is -1.98. The summed E-state index contributed by atoms with van der Waals surface area (Å²) in [5.74, 6) is 0.255. The molecule has 0 aliphatic carbocycles. The van der Waals surface area contributed by atoms with Crippen molar-refractivity contribution in [1.29, 1.82) is 0 Å². The number of aromatic hydroxyl groups is 1. The third-order valence-corrected chi connectivity index (χ3v) is 2.32. The number of phenols is 1. The molecule has 0 amide bonds. The van der Waals surface area contributed by atoms with Crippen LogP contribution in [0, 0.1) is 3.57 Å². The van der Waals surface area contributed by atoms with Gasteiger partial charge in [0, 0.05) is 0 Å². The number of nitrogens with zero attached hydrogens (tertiary/aromatic N) is 1. The van der Waals surface area contributed by atoms with Crippen molar-refractivity contribution in [2.45, 2.75) is 0 Å². The molecular formula is C8H8IN3OS. The standard InChI is InChI=1S/C8H8IN3OS/c9-6-3-5(1-2-7(6)13)4-11-12-8(10)14/h1-4,13H,(H3,10,12,14)/b11-4-. The third kappa shape index (κ3) is 3.46. The molecule has 1 rings (SSSR count). The van der Waals surface area contributed by atoms with Gasteiger partial charge < -0.3 is 10.8 Å². The quantitative estimate of drug-likeness (QED) is 0.331. The molecule has 14 heavy (non-hydrogen) atoms. The lowest BCUT2D eigenvalue weighted by atomic mass is 10.2. The van der Waals surface area contributed by atoms with Gasteiger partial charge in [0.25, 0.3) is 0 Å². The van der Waals surface area contributed by atoms with E-state index in [0.717, 1.165) is 9.13 Å². The second kappa shape index (κ2) is 5.11. The first kappa shape index (κ1) is 11.2. The lowest BCUT2D eigenvalue weighted by molar-refractivity contribution is 0.471. The van der Waals surface area contributed by atoms with Gasteiger partial charge in [-0.3, -0.25) is 5.43 Å². The summed E-state index contributed by atoms with van der Waals surface area (Å²) >= 11 is 6.60. The molecule has 0 unspecified atom stereocenters. The molecule has 0 heterocycles. The molecule has 6 heteroatoms. The minimum Gasteiger partial charge on any atom is -0.507 e. The number of hydrazone groups is 1. The number of benzene rings is 1. The molecule has 1 aromatic rings. The zero-order valence-corrected chi connectivity index (χ0v) is 10.0. The van der Waals surface area contributed by atoms with E-state index in [1.54, 1.807) is 24.4 Å². The van der Waals surface area contributed by atoms with Gasteiger partial charge in [-0.15, -0.1) is 0 Å². The number of halogens is 1. The van der Waals surface area contributed by atoms with Crippen LogP contribution in [0.3, 0.4) is 0 Å². The van der Waals surface area contributed by atoms with E-state index in [2.05, 4.69) is 22.7 Å². The monoisotopic (exact) mass is 321 g/mol. The number of hydrogen-bond acceptors (Lipinski definition) is 3. The van der Waals surface area contributed by atoms with E-state index >= 15 is 0 Å². The molecule has 0 atom stereocenters. The predicted molar refractivity (Wildman–Crippen MR) is 68.3 cm³/mol. The van der Waals surface area contributed by atoms with Crippen LogP contribution in [0.5, 0.6) is 5.75 Å². The maximum atomic E-state index is 9.25. The second-order valence-corrected chi connectivity index (χ2v) is 4.05. The maximum Gasteiger partial charge on any atom is 0.184 e. The Balaban J connectivity index is 2.73. The van der Waals surface area contributed by atoms with E-state index in [1.165, 1.54) is 0 Å². The highest BCUT2D eigenvalue weighted by atomic mass is 127. The molecule has 0 aromatic heterocycles. The minimum atomic E-state index is 0.120. The van der Waals surface area contributed by atoms with Crippen molar-refractivity contribution < 1.29 is 5.11 Å². The number of hydrogen-bond donors (Lipinski definition) is 3. The molecule has 0 fully saturated rings. The molecule has 4 N–H and O–H groups in total. The molecular weight excluding hydrogens is 313 g/mol. The van der Waals surface area contributed by atoms with Crippen molar-refractivity contribution >= 4 is 46.1 Å². The van der Waals surface area contributed by atoms with Gasteiger partial charge in [0.05, 0.1) is 9.78 Å². The Morgan fingerprint density at radius 1 is 1.64 bits per heavy atom. The number of rotatable bonds is 2. The highest BCUT2D eigenvalue weighted by Gasteiger charge is 1.96. The van der Waals surface area contributed by atoms with Crippen LogP contribution < -0.4 is 11.2 Å². The highest BCUT2D eigenvalue weighted by molar-refractivity contribution is 14.1. The lowest BCUT2D eigenvalue weighted by Crippen LogP contribution is -2.23. The van der Waals surface area contributed by atoms with Gasteiger partial charge in [0.2, 0.25) is 0 Å². The summed E-state index contributed by atoms with van der Waals surface area (Å²) < 4.78 is 0.766. The van der Waals surface area contributed by atoms with Crippen LogP contribution in [-0.4, -0.2) is 16.4 Å². The van der Waals surface area contributed by atoms with Crippen LogP contribution in [0.2, 0.25) is 0 Å². The topological polar surface area (TPSA) is 70.6 Å². The van der Waals surface area contributed by atoms with E-state index in [-0.39, 0.29) is 10.9 Å². The Morgan fingerprint density at radius 2 is 2.36 bits per heavy atom. The normalized spacial score (nSPS) is 10.4. The van der Waals surface area contributed by atoms with Crippen LogP contribution >= 0.6 is 34.8 Å². The molecule has 0 spiro atoms. The van der Waals surface area contributed by atoms with Gasteiger partial charge in [-0.2, -0.15) is 5.10 Å². The van der Waals surface area contributed by atoms with Crippen LogP contribution in [-0.2, 0) is 0 Å². The summed E-state index contributed by atoms with van der Waals surface area (Å²) in [6.07, 6.45) is 1.57. The molecule has 0 saturated heterocycles. The highest BCUT2D eigenvalue weighted by Crippen LogP contribution is 2.19. The average molecular weight is 321 g/mol. The van der Waals surface area contributed by atoms with E-state index in [9.17, 15) is 5.11 Å². The Labute approximate surface area is 100 Å². The summed E-state index contributed by atoms with van der Waals surface area (Å²) in [5.41, 5.74) is 8.47. The Hall–Kier alpha value is -0.890. The van der Waals surface area contributed by atoms with Crippen molar-refractivity contribution in [3.05, 3.63) is 27.3 Å². The first-order valence-electron chi connectivity index (χ1n) is 3.66. The van der Waals surface area contributed by atoms with E-state index < -0.39 is 0 Å². The van der Waals surface area contributed by atoms with E-state index in [1.807, 2.05) is 22.6 Å². The molecule has 0 bridgehead atoms. The van der Waals surface area contributed by atoms with Crippen molar-refractivity contribution in [3.63, 3.8) is 0 Å². The fraction of sp³-hybridized carbons (Fsp3) is 0. The SMILES string of the molecule is NC(=S)N/N=C\c1ccc(O)c(I)c1. The second-order valence-electron chi connectivity index (χ2n) is 2.45. The summed E-state index contributed by atoms with van der Waals surface area (Å²) in [7, 11) is 0. The first-order chi connectivity index (χ1) is 6.59. The van der Waals surface area contributed by atoms with Gasteiger partial charge in [-0.1, -0.05) is 0 Å². The smallest absolute Gasteiger partial charge is 0.184 e. The zero-order chi connectivity index (χ0) is 10.6. The Morgan fingerprint density at radius 3 is 2.93 bits per heavy atom. The molecule has 0 saturated carbocycles. The number of thiocarbonyl (C=S) groups is 1. The summed E-state index contributed by atoms with van der Waals surface area (Å²) in [5, 5.41) is 13.2. The van der Waals surface area contributed by atoms with Gasteiger partial charge >= 0.3 is 0 Å². The average Bonchev–Trinajstić information content (AvgIpc) is 2.10. The maximum absolute atomic E-state index is 9.25. The van der Waals surface area contributed by atoms with E-state index in [0.29, 0.717) is 0 Å². The molecule has 0 aliphatic rings. The van der Waals surface area contributed by atoms with Crippen LogP contribution in [0.15, 0.2) is 23.3 Å². The van der Waals surface area contributed by atoms with Gasteiger partial charge in [0.15, 0.2) is 5.11 Å². The van der Waals surface area contributed by atoms with Crippen molar-refractivity contribution in [2.75, 3.05) is 0 Å². The minimum absolute atomic E-state index is 0.120. The number of nitrogens with one attached hydrogen (secondary N) is 1. The number of phenolic OH excluding ortho intramolecular Hbond substituents is 1. The van der Waals surface area contributed by atoms with Crippen LogP contribution in [0.25, 0.3) is 0 Å². The number of nitrogens with two attached hydrogens (primary N) is 1. The van der Waals surface area contributed by atoms with Gasteiger partial charge in [0.1, 0.15) is 5.75 Å². The van der Waals surface area contributed by atoms with Gasteiger partial charge in [-0.25, -0.2) is 0 Å². The molecule has 0 radical (unpaired) electrons. The van der Waals surface area contributed by atoms with E-state index in [4.69, 9.17) is 5.73 Å². The predicted octanol–water partition coefficient (Wildman–Crippen LogP) is 1.16. The largest absolute Gasteiger partial charge is 0.507 e. The molecule has 0 aliphatic heterocycles. The van der Waals surface area contributed by atoms with Crippen LogP contribution in [0.1, 0.15) is 5.56 Å². The Kier molecular flexibility index (Phi) is 4.08. The summed E-state index contributed by atoms with van der Waals surface area (Å²) in [6, 6.07) is 5.13. The molecule has 4 nitrogen and oxygen atoms in total.